The molecule has 0 rings (SSSR count). The van der Waals surface area contributed by atoms with Crippen LogP contribution in [-0.4, -0.2) is 37.2 Å². The van der Waals surface area contributed by atoms with Crippen LogP contribution in [0.3, 0.4) is 0 Å². The Balaban J connectivity index is 4.28. The molecule has 0 aliphatic carbocycles. The van der Waals surface area contributed by atoms with Gasteiger partial charge in [-0.2, -0.15) is 0 Å². The predicted octanol–water partition coefficient (Wildman–Crippen LogP) is 15.0. The summed E-state index contributed by atoms with van der Waals surface area (Å²) in [5, 5.41) is 0. The minimum atomic E-state index is -0.760. The number of rotatable bonds is 42. The van der Waals surface area contributed by atoms with Crippen LogP contribution in [0.1, 0.15) is 259 Å². The minimum absolute atomic E-state index is 0.0650. The van der Waals surface area contributed by atoms with Crippen LogP contribution in [0.25, 0.3) is 0 Å². The molecule has 320 valence electrons. The molecule has 0 bridgehead atoms. The molecule has 2 atom stereocenters. The van der Waals surface area contributed by atoms with Gasteiger partial charge in [-0.05, 0) is 31.1 Å². The van der Waals surface area contributed by atoms with Crippen LogP contribution in [0.2, 0.25) is 0 Å². The van der Waals surface area contributed by atoms with Gasteiger partial charge in [-0.25, -0.2) is 0 Å². The Hall–Kier alpha value is -1.59. The third-order valence-electron chi connectivity index (χ3n) is 11.1. The molecule has 0 aliphatic heterocycles. The van der Waals surface area contributed by atoms with Crippen molar-refractivity contribution < 1.29 is 28.6 Å². The molecule has 0 N–H and O–H groups in total. The summed E-state index contributed by atoms with van der Waals surface area (Å²) < 4.78 is 16.7. The fourth-order valence-electron chi connectivity index (χ4n) is 7.07. The van der Waals surface area contributed by atoms with Gasteiger partial charge in [0.05, 0.1) is 0 Å². The Labute approximate surface area is 336 Å². The Morgan fingerprint density at radius 2 is 0.704 bits per heavy atom. The number of hydrogen-bond donors (Lipinski definition) is 0. The van der Waals surface area contributed by atoms with E-state index in [9.17, 15) is 14.4 Å². The third kappa shape index (κ3) is 40.1. The van der Waals surface area contributed by atoms with E-state index >= 15 is 0 Å². The molecule has 0 aromatic heterocycles. The van der Waals surface area contributed by atoms with Gasteiger partial charge in [0.25, 0.3) is 0 Å². The number of unbranched alkanes of at least 4 members (excludes halogenated alkanes) is 26. The molecule has 0 aromatic carbocycles. The summed E-state index contributed by atoms with van der Waals surface area (Å²) in [6.07, 6.45) is 39.5. The lowest BCUT2D eigenvalue weighted by molar-refractivity contribution is -0.167. The monoisotopic (exact) mass is 765 g/mol. The first-order valence-corrected chi connectivity index (χ1v) is 23.8. The number of esters is 3. The second-order valence-electron chi connectivity index (χ2n) is 17.1. The van der Waals surface area contributed by atoms with Gasteiger partial charge in [0.1, 0.15) is 13.2 Å². The molecule has 0 saturated carbocycles. The van der Waals surface area contributed by atoms with Gasteiger partial charge < -0.3 is 14.2 Å². The summed E-state index contributed by atoms with van der Waals surface area (Å²) in [7, 11) is 0. The zero-order valence-corrected chi connectivity index (χ0v) is 36.8. The number of carbonyl (C=O) groups is 3. The maximum atomic E-state index is 12.7. The normalized spacial score (nSPS) is 12.6. The molecule has 6 heteroatoms. The molecule has 0 spiro atoms. The molecule has 0 aliphatic rings. The fraction of sp³-hybridized carbons (Fsp3) is 0.938. The standard InChI is InChI=1S/C48H92O6/c1-6-8-9-10-11-12-19-23-30-35-40-48(51)54-45(42-53-47(50)39-34-29-25-24-27-32-37-44(5)7-2)41-52-46(49)38-33-28-22-20-17-15-13-14-16-18-21-26-31-36-43(3)4/h43-45H,6-42H2,1-5H3/t44?,45-/m1/s1. The summed E-state index contributed by atoms with van der Waals surface area (Å²) in [4.78, 5) is 37.7. The second kappa shape index (κ2) is 41.1. The quantitative estimate of drug-likeness (QED) is 0.0350. The van der Waals surface area contributed by atoms with Crippen LogP contribution in [0, 0.1) is 11.8 Å². The van der Waals surface area contributed by atoms with Crippen LogP contribution < -0.4 is 0 Å². The Morgan fingerprint density at radius 3 is 1.06 bits per heavy atom. The zero-order valence-electron chi connectivity index (χ0n) is 36.8. The summed E-state index contributed by atoms with van der Waals surface area (Å²) in [5.41, 5.74) is 0. The second-order valence-corrected chi connectivity index (χ2v) is 17.1. The Morgan fingerprint density at radius 1 is 0.389 bits per heavy atom. The lowest BCUT2D eigenvalue weighted by atomic mass is 10.00. The van der Waals surface area contributed by atoms with Crippen molar-refractivity contribution in [3.8, 4) is 0 Å². The average molecular weight is 765 g/mol. The van der Waals surface area contributed by atoms with Crippen LogP contribution in [0.5, 0.6) is 0 Å². The molecule has 0 radical (unpaired) electrons. The Bertz CT molecular complexity index is 826. The maximum absolute atomic E-state index is 12.7. The average Bonchev–Trinajstić information content (AvgIpc) is 3.15. The van der Waals surface area contributed by atoms with Crippen molar-refractivity contribution >= 4 is 17.9 Å². The van der Waals surface area contributed by atoms with Crippen LogP contribution in [0.15, 0.2) is 0 Å². The zero-order chi connectivity index (χ0) is 39.7. The molecule has 0 aromatic rings. The van der Waals surface area contributed by atoms with E-state index in [0.29, 0.717) is 19.3 Å². The molecule has 0 amide bonds. The highest BCUT2D eigenvalue weighted by Gasteiger charge is 2.19. The number of carbonyl (C=O) groups excluding carboxylic acids is 3. The van der Waals surface area contributed by atoms with Gasteiger partial charge in [0.15, 0.2) is 6.10 Å². The fourth-order valence-corrected chi connectivity index (χ4v) is 7.07. The molecule has 54 heavy (non-hydrogen) atoms. The number of ether oxygens (including phenoxy) is 3. The van der Waals surface area contributed by atoms with Gasteiger partial charge in [-0.15, -0.1) is 0 Å². The van der Waals surface area contributed by atoms with Crippen molar-refractivity contribution in [3.63, 3.8) is 0 Å². The summed E-state index contributed by atoms with van der Waals surface area (Å²) in [6.45, 7) is 11.3. The van der Waals surface area contributed by atoms with E-state index in [1.807, 2.05) is 0 Å². The van der Waals surface area contributed by atoms with E-state index in [-0.39, 0.29) is 31.1 Å². The van der Waals surface area contributed by atoms with E-state index in [2.05, 4.69) is 34.6 Å². The van der Waals surface area contributed by atoms with Gasteiger partial charge in [0, 0.05) is 19.3 Å². The molecule has 0 fully saturated rings. The van der Waals surface area contributed by atoms with Gasteiger partial charge in [-0.3, -0.25) is 14.4 Å². The minimum Gasteiger partial charge on any atom is -0.462 e. The van der Waals surface area contributed by atoms with Crippen molar-refractivity contribution in [1.29, 1.82) is 0 Å². The van der Waals surface area contributed by atoms with E-state index in [1.54, 1.807) is 0 Å². The first-order valence-electron chi connectivity index (χ1n) is 23.8. The van der Waals surface area contributed by atoms with Crippen LogP contribution >= 0.6 is 0 Å². The smallest absolute Gasteiger partial charge is 0.306 e. The predicted molar refractivity (Wildman–Crippen MR) is 229 cm³/mol. The van der Waals surface area contributed by atoms with Gasteiger partial charge >= 0.3 is 17.9 Å². The SMILES string of the molecule is CCCCCCCCCCCCC(=O)O[C@H](COC(=O)CCCCCCCCCCCCCCCC(C)C)COC(=O)CCCCCCCCC(C)CC. The molecule has 1 unspecified atom stereocenters. The third-order valence-corrected chi connectivity index (χ3v) is 11.1. The van der Waals surface area contributed by atoms with Gasteiger partial charge in [0.2, 0.25) is 0 Å². The molecular weight excluding hydrogens is 673 g/mol. The summed E-state index contributed by atoms with van der Waals surface area (Å²) in [5.74, 6) is 0.796. The summed E-state index contributed by atoms with van der Waals surface area (Å²) in [6, 6.07) is 0. The lowest BCUT2D eigenvalue weighted by Gasteiger charge is -2.18. The Kier molecular flexibility index (Phi) is 39.8. The molecule has 0 saturated heterocycles. The van der Waals surface area contributed by atoms with Crippen LogP contribution in [0.4, 0.5) is 0 Å². The van der Waals surface area contributed by atoms with E-state index in [1.165, 1.54) is 148 Å². The summed E-state index contributed by atoms with van der Waals surface area (Å²) >= 11 is 0. The number of hydrogen-bond acceptors (Lipinski definition) is 6. The highest BCUT2D eigenvalue weighted by Crippen LogP contribution is 2.17. The van der Waals surface area contributed by atoms with Crippen molar-refractivity contribution in [2.75, 3.05) is 13.2 Å². The highest BCUT2D eigenvalue weighted by atomic mass is 16.6. The van der Waals surface area contributed by atoms with E-state index < -0.39 is 6.10 Å². The largest absolute Gasteiger partial charge is 0.462 e. The molecule has 6 nitrogen and oxygen atoms in total. The lowest BCUT2D eigenvalue weighted by Crippen LogP contribution is -2.30. The molecular formula is C48H92O6. The first-order chi connectivity index (χ1) is 26.3. The topological polar surface area (TPSA) is 78.9 Å². The highest BCUT2D eigenvalue weighted by molar-refractivity contribution is 5.71. The van der Waals surface area contributed by atoms with Crippen molar-refractivity contribution in [1.82, 2.24) is 0 Å². The van der Waals surface area contributed by atoms with E-state index in [4.69, 9.17) is 14.2 Å². The van der Waals surface area contributed by atoms with Crippen LogP contribution in [-0.2, 0) is 28.6 Å². The van der Waals surface area contributed by atoms with Crippen molar-refractivity contribution in [2.24, 2.45) is 11.8 Å². The van der Waals surface area contributed by atoms with Crippen molar-refractivity contribution in [2.45, 2.75) is 265 Å². The van der Waals surface area contributed by atoms with Crippen molar-refractivity contribution in [3.05, 3.63) is 0 Å². The maximum Gasteiger partial charge on any atom is 0.306 e. The molecule has 0 heterocycles. The van der Waals surface area contributed by atoms with Gasteiger partial charge in [-0.1, -0.05) is 221 Å². The first kappa shape index (κ1) is 52.4. The van der Waals surface area contributed by atoms with E-state index in [0.717, 1.165) is 69.6 Å².